The molecule has 0 fully saturated rings. The number of rotatable bonds is 6. The summed E-state index contributed by atoms with van der Waals surface area (Å²) in [6.07, 6.45) is -0.697. The maximum atomic E-state index is 12.5. The van der Waals surface area contributed by atoms with Gasteiger partial charge in [0.15, 0.2) is 6.10 Å². The van der Waals surface area contributed by atoms with Gasteiger partial charge in [-0.2, -0.15) is 0 Å². The van der Waals surface area contributed by atoms with Crippen molar-refractivity contribution >= 4 is 23.2 Å². The lowest BCUT2D eigenvalue weighted by Gasteiger charge is -2.20. The monoisotopic (exact) mass is 391 g/mol. The number of anilines is 1. The number of carbonyl (C=O) groups is 1. The molecule has 0 saturated carbocycles. The van der Waals surface area contributed by atoms with Crippen LogP contribution in [0.15, 0.2) is 36.4 Å². The number of carbonyl (C=O) groups excluding carboxylic acids is 1. The molecule has 0 radical (unpaired) electrons. The highest BCUT2D eigenvalue weighted by Gasteiger charge is 2.19. The summed E-state index contributed by atoms with van der Waals surface area (Å²) in [6.45, 7) is 8.12. The van der Waals surface area contributed by atoms with Gasteiger partial charge >= 0.3 is 0 Å². The van der Waals surface area contributed by atoms with E-state index in [1.54, 1.807) is 19.1 Å². The van der Waals surface area contributed by atoms with Crippen LogP contribution in [-0.4, -0.2) is 26.2 Å². The largest absolute Gasteiger partial charge is 0.495 e. The molecule has 2 aromatic carbocycles. The van der Waals surface area contributed by atoms with Crippen molar-refractivity contribution in [2.24, 2.45) is 0 Å². The van der Waals surface area contributed by atoms with Crippen LogP contribution in [0, 0.1) is 0 Å². The first kappa shape index (κ1) is 20.9. The Morgan fingerprint density at radius 3 is 2.15 bits per heavy atom. The molecular formula is C21H26ClNO4. The molecule has 0 heterocycles. The van der Waals surface area contributed by atoms with Gasteiger partial charge in [-0.25, -0.2) is 0 Å². The lowest BCUT2D eigenvalue weighted by molar-refractivity contribution is -0.122. The van der Waals surface area contributed by atoms with Crippen LogP contribution < -0.4 is 19.5 Å². The summed E-state index contributed by atoms with van der Waals surface area (Å²) in [5.74, 6) is 1.21. The number of ether oxygens (including phenoxy) is 3. The fourth-order valence-electron chi connectivity index (χ4n) is 2.48. The average molecular weight is 392 g/mol. The summed E-state index contributed by atoms with van der Waals surface area (Å²) >= 11 is 6.09. The molecule has 1 atom stereocenters. The van der Waals surface area contributed by atoms with E-state index in [2.05, 4.69) is 26.1 Å². The van der Waals surface area contributed by atoms with E-state index in [9.17, 15) is 4.79 Å². The zero-order valence-corrected chi connectivity index (χ0v) is 17.3. The van der Waals surface area contributed by atoms with E-state index >= 15 is 0 Å². The van der Waals surface area contributed by atoms with Gasteiger partial charge in [0.1, 0.15) is 17.2 Å². The molecule has 27 heavy (non-hydrogen) atoms. The van der Waals surface area contributed by atoms with E-state index in [-0.39, 0.29) is 11.3 Å². The Kier molecular flexibility index (Phi) is 6.60. The lowest BCUT2D eigenvalue weighted by Crippen LogP contribution is -2.30. The van der Waals surface area contributed by atoms with E-state index in [1.165, 1.54) is 19.8 Å². The second kappa shape index (κ2) is 8.53. The van der Waals surface area contributed by atoms with Crippen LogP contribution in [0.5, 0.6) is 17.2 Å². The Hall–Kier alpha value is -2.40. The van der Waals surface area contributed by atoms with Crippen LogP contribution in [0.1, 0.15) is 33.3 Å². The summed E-state index contributed by atoms with van der Waals surface area (Å²) in [5.41, 5.74) is 1.72. The van der Waals surface area contributed by atoms with Crippen molar-refractivity contribution in [2.75, 3.05) is 19.5 Å². The average Bonchev–Trinajstić information content (AvgIpc) is 2.62. The summed E-state index contributed by atoms with van der Waals surface area (Å²) in [5, 5.41) is 3.19. The lowest BCUT2D eigenvalue weighted by atomic mass is 9.87. The Bertz CT molecular complexity index is 797. The number of hydrogen-bond donors (Lipinski definition) is 1. The van der Waals surface area contributed by atoms with E-state index in [1.807, 2.05) is 24.3 Å². The van der Waals surface area contributed by atoms with Gasteiger partial charge < -0.3 is 19.5 Å². The summed E-state index contributed by atoms with van der Waals surface area (Å²) < 4.78 is 16.2. The molecule has 0 bridgehead atoms. The van der Waals surface area contributed by atoms with Crippen molar-refractivity contribution in [3.05, 3.63) is 47.0 Å². The highest BCUT2D eigenvalue weighted by molar-refractivity contribution is 6.32. The van der Waals surface area contributed by atoms with Crippen molar-refractivity contribution in [3.63, 3.8) is 0 Å². The highest BCUT2D eigenvalue weighted by atomic mass is 35.5. The summed E-state index contributed by atoms with van der Waals surface area (Å²) in [7, 11) is 3.01. The molecule has 0 aliphatic heterocycles. The summed E-state index contributed by atoms with van der Waals surface area (Å²) in [4.78, 5) is 12.5. The Morgan fingerprint density at radius 2 is 1.63 bits per heavy atom. The molecule has 0 spiro atoms. The van der Waals surface area contributed by atoms with Gasteiger partial charge in [0.2, 0.25) is 0 Å². The molecule has 1 amide bonds. The fraction of sp³-hybridized carbons (Fsp3) is 0.381. The second-order valence-electron chi connectivity index (χ2n) is 7.21. The molecule has 2 rings (SSSR count). The number of amides is 1. The normalized spacial score (nSPS) is 12.3. The molecule has 0 saturated heterocycles. The van der Waals surface area contributed by atoms with Crippen LogP contribution in [0.3, 0.4) is 0 Å². The van der Waals surface area contributed by atoms with E-state index in [0.29, 0.717) is 28.0 Å². The van der Waals surface area contributed by atoms with Crippen molar-refractivity contribution in [1.29, 1.82) is 0 Å². The first-order valence-electron chi connectivity index (χ1n) is 8.65. The SMILES string of the molecule is COc1cc(NC(=O)C(C)Oc2ccc(C(C)(C)C)cc2)c(OC)cc1Cl. The van der Waals surface area contributed by atoms with Crippen LogP contribution in [0.4, 0.5) is 5.69 Å². The Morgan fingerprint density at radius 1 is 1.04 bits per heavy atom. The quantitative estimate of drug-likeness (QED) is 0.747. The summed E-state index contributed by atoms with van der Waals surface area (Å²) in [6, 6.07) is 11.0. The third kappa shape index (κ3) is 5.30. The Labute approximate surface area is 165 Å². The van der Waals surface area contributed by atoms with Gasteiger partial charge in [-0.05, 0) is 30.0 Å². The standard InChI is InChI=1S/C21H26ClNO4/c1-13(27-15-9-7-14(8-10-15)21(2,3)4)20(24)23-17-12-18(25-5)16(22)11-19(17)26-6/h7-13H,1-6H3,(H,23,24). The molecule has 0 aliphatic rings. The van der Waals surface area contributed by atoms with Crippen LogP contribution in [-0.2, 0) is 10.2 Å². The smallest absolute Gasteiger partial charge is 0.265 e. The molecule has 1 unspecified atom stereocenters. The molecule has 146 valence electrons. The van der Waals surface area contributed by atoms with Gasteiger partial charge in [0, 0.05) is 12.1 Å². The van der Waals surface area contributed by atoms with Gasteiger partial charge in [-0.1, -0.05) is 44.5 Å². The maximum Gasteiger partial charge on any atom is 0.265 e. The van der Waals surface area contributed by atoms with Gasteiger partial charge in [-0.15, -0.1) is 0 Å². The van der Waals surface area contributed by atoms with Crippen LogP contribution in [0.25, 0.3) is 0 Å². The molecule has 0 aliphatic carbocycles. The van der Waals surface area contributed by atoms with E-state index in [0.717, 1.165) is 0 Å². The van der Waals surface area contributed by atoms with Crippen molar-refractivity contribution in [3.8, 4) is 17.2 Å². The van der Waals surface area contributed by atoms with Gasteiger partial charge in [-0.3, -0.25) is 4.79 Å². The number of benzene rings is 2. The van der Waals surface area contributed by atoms with Crippen molar-refractivity contribution in [2.45, 2.75) is 39.2 Å². The zero-order chi connectivity index (χ0) is 20.2. The molecular weight excluding hydrogens is 366 g/mol. The molecule has 6 heteroatoms. The first-order chi connectivity index (χ1) is 12.7. The minimum absolute atomic E-state index is 0.0612. The second-order valence-corrected chi connectivity index (χ2v) is 7.62. The highest BCUT2D eigenvalue weighted by Crippen LogP contribution is 2.36. The minimum Gasteiger partial charge on any atom is -0.495 e. The zero-order valence-electron chi connectivity index (χ0n) is 16.6. The number of methoxy groups -OCH3 is 2. The fourth-order valence-corrected chi connectivity index (χ4v) is 2.71. The molecule has 0 aromatic heterocycles. The third-order valence-corrected chi connectivity index (χ3v) is 4.43. The van der Waals surface area contributed by atoms with Crippen LogP contribution in [0.2, 0.25) is 5.02 Å². The molecule has 2 aromatic rings. The van der Waals surface area contributed by atoms with E-state index in [4.69, 9.17) is 25.8 Å². The van der Waals surface area contributed by atoms with E-state index < -0.39 is 6.10 Å². The van der Waals surface area contributed by atoms with Crippen molar-refractivity contribution < 1.29 is 19.0 Å². The molecule has 1 N–H and O–H groups in total. The maximum absolute atomic E-state index is 12.5. The van der Waals surface area contributed by atoms with Crippen LogP contribution >= 0.6 is 11.6 Å². The minimum atomic E-state index is -0.697. The predicted octanol–water partition coefficient (Wildman–Crippen LogP) is 5.06. The van der Waals surface area contributed by atoms with Crippen molar-refractivity contribution in [1.82, 2.24) is 0 Å². The topological polar surface area (TPSA) is 56.8 Å². The Balaban J connectivity index is 2.10. The van der Waals surface area contributed by atoms with Gasteiger partial charge in [0.25, 0.3) is 5.91 Å². The number of halogens is 1. The third-order valence-electron chi connectivity index (χ3n) is 4.13. The van der Waals surface area contributed by atoms with Gasteiger partial charge in [0.05, 0.1) is 24.9 Å². The number of hydrogen-bond acceptors (Lipinski definition) is 4. The number of nitrogens with one attached hydrogen (secondary N) is 1. The first-order valence-corrected chi connectivity index (χ1v) is 9.03. The predicted molar refractivity (Wildman–Crippen MR) is 108 cm³/mol. The molecule has 5 nitrogen and oxygen atoms in total.